The van der Waals surface area contributed by atoms with Crippen LogP contribution in [0.5, 0.6) is 0 Å². The molecule has 0 saturated heterocycles. The van der Waals surface area contributed by atoms with Gasteiger partial charge in [-0.3, -0.25) is 9.59 Å². The summed E-state index contributed by atoms with van der Waals surface area (Å²) in [6, 6.07) is 15.1. The second-order valence-corrected chi connectivity index (χ2v) is 8.67. The van der Waals surface area contributed by atoms with E-state index in [2.05, 4.69) is 53.2 Å². The number of aromatic nitrogens is 3. The van der Waals surface area contributed by atoms with E-state index < -0.39 is 0 Å². The van der Waals surface area contributed by atoms with Crippen molar-refractivity contribution in [3.05, 3.63) is 70.8 Å². The average molecular weight is 446 g/mol. The quantitative estimate of drug-likeness (QED) is 0.389. The fourth-order valence-corrected chi connectivity index (χ4v) is 4.04. The molecule has 1 N–H and O–H groups in total. The van der Waals surface area contributed by atoms with Crippen LogP contribution in [0.2, 0.25) is 0 Å². The number of carbonyl (C=O) groups excluding carboxylic acids is 1. The van der Waals surface area contributed by atoms with Gasteiger partial charge in [0.1, 0.15) is 0 Å². The second kappa shape index (κ2) is 10.0. The number of rotatable bonds is 9. The summed E-state index contributed by atoms with van der Waals surface area (Å²) < 4.78 is 3.64. The van der Waals surface area contributed by atoms with Crippen LogP contribution in [0.4, 0.5) is 5.69 Å². The molecule has 0 radical (unpaired) electrons. The van der Waals surface area contributed by atoms with Crippen molar-refractivity contribution in [3.8, 4) is 0 Å². The van der Waals surface area contributed by atoms with Crippen molar-refractivity contribution in [2.75, 3.05) is 26.0 Å². The Balaban J connectivity index is 1.62. The predicted molar refractivity (Wildman–Crippen MR) is 134 cm³/mol. The Hall–Kier alpha value is -3.45. The smallest absolute Gasteiger partial charge is 0.276 e. The highest BCUT2D eigenvalue weighted by Gasteiger charge is 2.17. The van der Waals surface area contributed by atoms with Crippen molar-refractivity contribution >= 4 is 33.3 Å². The summed E-state index contributed by atoms with van der Waals surface area (Å²) >= 11 is 0. The summed E-state index contributed by atoms with van der Waals surface area (Å²) in [5.74, 6) is -0.318. The predicted octanol–water partition coefficient (Wildman–Crippen LogP) is 4.36. The minimum Gasteiger partial charge on any atom is -0.346 e. The van der Waals surface area contributed by atoms with Gasteiger partial charge in [0.25, 0.3) is 11.5 Å². The van der Waals surface area contributed by atoms with Crippen molar-refractivity contribution in [3.63, 3.8) is 0 Å². The third kappa shape index (κ3) is 4.98. The Labute approximate surface area is 193 Å². The number of nitrogens with one attached hydrogen (secondary N) is 1. The van der Waals surface area contributed by atoms with E-state index >= 15 is 0 Å². The molecule has 0 atom stereocenters. The highest BCUT2D eigenvalue weighted by molar-refractivity contribution is 6.11. The fourth-order valence-electron chi connectivity index (χ4n) is 4.04. The Morgan fingerprint density at radius 2 is 1.82 bits per heavy atom. The van der Waals surface area contributed by atoms with E-state index in [9.17, 15) is 9.59 Å². The minimum atomic E-state index is -0.318. The molecule has 0 bridgehead atoms. The summed E-state index contributed by atoms with van der Waals surface area (Å²) in [4.78, 5) is 28.3. The Kier molecular flexibility index (Phi) is 6.89. The largest absolute Gasteiger partial charge is 0.346 e. The van der Waals surface area contributed by atoms with Gasteiger partial charge in [-0.15, -0.1) is 0 Å². The van der Waals surface area contributed by atoms with Crippen LogP contribution in [-0.4, -0.2) is 45.8 Å². The van der Waals surface area contributed by atoms with E-state index in [-0.39, 0.29) is 17.2 Å². The number of likely N-dealkylation sites (N-methyl/N-ethyl adjacent to an activating group) is 1. The van der Waals surface area contributed by atoms with Gasteiger partial charge in [-0.05, 0) is 50.8 Å². The highest BCUT2D eigenvalue weighted by Crippen LogP contribution is 2.22. The van der Waals surface area contributed by atoms with Gasteiger partial charge >= 0.3 is 0 Å². The SMILES string of the molecule is CCCCCn1nc(C(=O)Nc2ccc3c(ccn3CCN(C)C)c2)c2ccccc2c1=O. The van der Waals surface area contributed by atoms with E-state index in [0.717, 1.165) is 43.3 Å². The summed E-state index contributed by atoms with van der Waals surface area (Å²) in [6.45, 7) is 4.47. The third-order valence-corrected chi connectivity index (χ3v) is 5.87. The monoisotopic (exact) mass is 445 g/mol. The van der Waals surface area contributed by atoms with E-state index in [4.69, 9.17) is 0 Å². The third-order valence-electron chi connectivity index (χ3n) is 5.87. The number of aryl methyl sites for hydroxylation is 1. The van der Waals surface area contributed by atoms with Crippen molar-refractivity contribution < 1.29 is 4.79 Å². The first-order valence-electron chi connectivity index (χ1n) is 11.5. The van der Waals surface area contributed by atoms with Crippen molar-refractivity contribution in [2.45, 2.75) is 39.3 Å². The molecule has 172 valence electrons. The maximum absolute atomic E-state index is 13.2. The zero-order valence-corrected chi connectivity index (χ0v) is 19.5. The minimum absolute atomic E-state index is 0.154. The number of carbonyl (C=O) groups is 1. The fraction of sp³-hybridized carbons (Fsp3) is 0.346. The Morgan fingerprint density at radius 1 is 1.03 bits per heavy atom. The maximum atomic E-state index is 13.2. The molecular formula is C26H31N5O2. The van der Waals surface area contributed by atoms with E-state index in [1.165, 1.54) is 4.68 Å². The van der Waals surface area contributed by atoms with Gasteiger partial charge in [-0.25, -0.2) is 4.68 Å². The summed E-state index contributed by atoms with van der Waals surface area (Å²) in [5, 5.41) is 9.59. The van der Waals surface area contributed by atoms with Crippen LogP contribution in [-0.2, 0) is 13.1 Å². The van der Waals surface area contributed by atoms with E-state index in [0.29, 0.717) is 23.0 Å². The normalized spacial score (nSPS) is 11.5. The molecule has 4 rings (SSSR count). The van der Waals surface area contributed by atoms with Crippen molar-refractivity contribution in [2.24, 2.45) is 0 Å². The zero-order chi connectivity index (χ0) is 23.4. The van der Waals surface area contributed by atoms with Crippen molar-refractivity contribution in [1.82, 2.24) is 19.2 Å². The van der Waals surface area contributed by atoms with Crippen LogP contribution < -0.4 is 10.9 Å². The molecule has 7 heteroatoms. The van der Waals surface area contributed by atoms with Crippen LogP contribution in [0.3, 0.4) is 0 Å². The van der Waals surface area contributed by atoms with Gasteiger partial charge in [0.15, 0.2) is 5.69 Å². The van der Waals surface area contributed by atoms with Gasteiger partial charge in [-0.2, -0.15) is 5.10 Å². The lowest BCUT2D eigenvalue weighted by atomic mass is 10.1. The van der Waals surface area contributed by atoms with Crippen LogP contribution in [0.25, 0.3) is 21.7 Å². The second-order valence-electron chi connectivity index (χ2n) is 8.67. The van der Waals surface area contributed by atoms with Crippen molar-refractivity contribution in [1.29, 1.82) is 0 Å². The number of hydrogen-bond acceptors (Lipinski definition) is 4. The average Bonchev–Trinajstić information content (AvgIpc) is 3.21. The lowest BCUT2D eigenvalue weighted by molar-refractivity contribution is 0.102. The van der Waals surface area contributed by atoms with Crippen LogP contribution >= 0.6 is 0 Å². The molecule has 2 aromatic heterocycles. The Morgan fingerprint density at radius 3 is 2.58 bits per heavy atom. The molecule has 2 aromatic carbocycles. The molecule has 7 nitrogen and oxygen atoms in total. The standard InChI is InChI=1S/C26H31N5O2/c1-4-5-8-14-31-26(33)22-10-7-6-9-21(22)24(28-31)25(32)27-20-11-12-23-19(18-20)13-15-30(23)17-16-29(2)3/h6-7,9-13,15,18H,4-5,8,14,16-17H2,1-3H3,(H,27,32). The number of amides is 1. The molecule has 0 saturated carbocycles. The summed E-state index contributed by atoms with van der Waals surface area (Å²) in [5.41, 5.74) is 1.94. The molecule has 2 heterocycles. The lowest BCUT2D eigenvalue weighted by Crippen LogP contribution is -2.27. The molecular weight excluding hydrogens is 414 g/mol. The van der Waals surface area contributed by atoms with Gasteiger partial charge in [-0.1, -0.05) is 38.0 Å². The number of fused-ring (bicyclic) bond motifs is 2. The van der Waals surface area contributed by atoms with Crippen LogP contribution in [0.1, 0.15) is 36.7 Å². The lowest BCUT2D eigenvalue weighted by Gasteiger charge is -2.12. The topological polar surface area (TPSA) is 72.2 Å². The number of anilines is 1. The molecule has 33 heavy (non-hydrogen) atoms. The van der Waals surface area contributed by atoms with E-state index in [1.54, 1.807) is 12.1 Å². The molecule has 0 aliphatic carbocycles. The molecule has 1 amide bonds. The molecule has 4 aromatic rings. The van der Waals surface area contributed by atoms with Crippen LogP contribution in [0.15, 0.2) is 59.5 Å². The summed E-state index contributed by atoms with van der Waals surface area (Å²) in [7, 11) is 4.12. The molecule has 0 fully saturated rings. The molecule has 0 spiro atoms. The first-order valence-corrected chi connectivity index (χ1v) is 11.5. The molecule has 0 aliphatic heterocycles. The zero-order valence-electron chi connectivity index (χ0n) is 19.5. The number of nitrogens with zero attached hydrogens (tertiary/aromatic N) is 4. The van der Waals surface area contributed by atoms with Crippen LogP contribution in [0, 0.1) is 0 Å². The van der Waals surface area contributed by atoms with Gasteiger partial charge in [0, 0.05) is 47.8 Å². The van der Waals surface area contributed by atoms with Gasteiger partial charge in [0.2, 0.25) is 0 Å². The maximum Gasteiger partial charge on any atom is 0.276 e. The van der Waals surface area contributed by atoms with Gasteiger partial charge in [0.05, 0.1) is 5.39 Å². The highest BCUT2D eigenvalue weighted by atomic mass is 16.2. The number of unbranched alkanes of at least 4 members (excludes halogenated alkanes) is 2. The van der Waals surface area contributed by atoms with E-state index in [1.807, 2.05) is 30.3 Å². The number of benzene rings is 2. The molecule has 0 aliphatic rings. The Bertz CT molecular complexity index is 1340. The first kappa shape index (κ1) is 22.7. The van der Waals surface area contributed by atoms with Gasteiger partial charge < -0.3 is 14.8 Å². The molecule has 0 unspecified atom stereocenters. The number of hydrogen-bond donors (Lipinski definition) is 1. The first-order chi connectivity index (χ1) is 16.0. The summed E-state index contributed by atoms with van der Waals surface area (Å²) in [6.07, 6.45) is 4.98.